The maximum atomic E-state index is 14.2. The van der Waals surface area contributed by atoms with Crippen LogP contribution in [0, 0.1) is 0 Å². The number of alkyl halides is 6. The molecule has 3 aromatic carbocycles. The smallest absolute Gasteiger partial charge is 0.379 e. The zero-order valence-corrected chi connectivity index (χ0v) is 42.5. The Kier molecular flexibility index (Phi) is 15.6. The molecule has 6 aromatic rings. The van der Waals surface area contributed by atoms with Crippen LogP contribution in [0.15, 0.2) is 101 Å². The SMILES string of the molecule is CN1CCN(c2ccc(-c3ccc(N4CCN(c5ccc(-c6cnc(N7CCOCC7)nc6)cc5NC(=O)c5c[nH]c(=O)cc5C(F)(F)F)CC4)c(CN4CCOCC4)c3)cc2NC(=O)c2c[nH]c(=O)cc2C(F)(F)F)CC1. The van der Waals surface area contributed by atoms with Crippen molar-refractivity contribution in [3.8, 4) is 22.3 Å². The van der Waals surface area contributed by atoms with Gasteiger partial charge in [-0.2, -0.15) is 26.3 Å². The number of aromatic nitrogens is 4. The van der Waals surface area contributed by atoms with E-state index in [4.69, 9.17) is 9.47 Å². The van der Waals surface area contributed by atoms with Gasteiger partial charge in [0.2, 0.25) is 17.1 Å². The number of ether oxygens (including phenoxy) is 2. The lowest BCUT2D eigenvalue weighted by atomic mass is 9.98. The van der Waals surface area contributed by atoms with E-state index in [1.807, 2.05) is 47.2 Å². The van der Waals surface area contributed by atoms with Gasteiger partial charge >= 0.3 is 12.4 Å². The predicted molar refractivity (Wildman–Crippen MR) is 283 cm³/mol. The number of morpholine rings is 2. The third-order valence-corrected chi connectivity index (χ3v) is 14.4. The standard InChI is InChI=1S/C54H56F6N12O6/c1-67-8-10-70(11-9-67)46-6-3-35(25-43(46)65-50(75)39-31-61-48(73)27-41(39)53(55,56)57)34-2-5-45(37(24-34)33-68-16-20-77-21-17-68)69-12-14-71(15-13-69)47-7-4-36(38-29-63-52(64-30-38)72-18-22-78-23-19-72)26-44(47)66-51(76)40-32-62-49(74)28-42(40)54(58,59)60/h2-7,24-32H,8-23,33H2,1H3,(H,61,73)(H,62,74)(H,65,75)(H,66,76). The number of rotatable bonds is 12. The minimum Gasteiger partial charge on any atom is -0.379 e. The molecule has 0 spiro atoms. The highest BCUT2D eigenvalue weighted by atomic mass is 19.4. The number of piperazine rings is 2. The van der Waals surface area contributed by atoms with Crippen molar-refractivity contribution in [2.45, 2.75) is 18.9 Å². The number of benzene rings is 3. The van der Waals surface area contributed by atoms with Crippen LogP contribution in [0.4, 0.5) is 60.7 Å². The molecule has 7 heterocycles. The Labute approximate surface area is 443 Å². The fourth-order valence-corrected chi connectivity index (χ4v) is 10.2. The first kappa shape index (κ1) is 53.6. The number of hydrogen-bond acceptors (Lipinski definition) is 14. The Morgan fingerprint density at radius 1 is 0.538 bits per heavy atom. The number of nitrogens with one attached hydrogen (secondary N) is 4. The first-order chi connectivity index (χ1) is 37.4. The second-order valence-corrected chi connectivity index (χ2v) is 19.5. The summed E-state index contributed by atoms with van der Waals surface area (Å²) < 4.78 is 96.2. The van der Waals surface area contributed by atoms with Crippen LogP contribution in [0.1, 0.15) is 37.4 Å². The molecule has 0 saturated carbocycles. The van der Waals surface area contributed by atoms with Crippen LogP contribution in [-0.4, -0.2) is 154 Å². The van der Waals surface area contributed by atoms with Crippen molar-refractivity contribution in [1.82, 2.24) is 29.7 Å². The zero-order chi connectivity index (χ0) is 54.7. The normalized spacial score (nSPS) is 17.1. The molecule has 4 saturated heterocycles. The van der Waals surface area contributed by atoms with Crippen molar-refractivity contribution in [1.29, 1.82) is 0 Å². The number of carbonyl (C=O) groups is 2. The Balaban J connectivity index is 0.945. The Hall–Kier alpha value is -7.80. The topological polar surface area (TPSA) is 188 Å². The van der Waals surface area contributed by atoms with Gasteiger partial charge in [-0.05, 0) is 65.7 Å². The average Bonchev–Trinajstić information content (AvgIpc) is 3.53. The molecule has 24 heteroatoms. The molecule has 0 radical (unpaired) electrons. The molecular weight excluding hydrogens is 1030 g/mol. The number of aromatic amines is 2. The summed E-state index contributed by atoms with van der Waals surface area (Å²) in [4.78, 5) is 78.0. The quantitative estimate of drug-likeness (QED) is 0.0977. The van der Waals surface area contributed by atoms with Crippen molar-refractivity contribution in [3.05, 3.63) is 140 Å². The van der Waals surface area contributed by atoms with E-state index in [1.54, 1.807) is 30.6 Å². The monoisotopic (exact) mass is 1080 g/mol. The highest BCUT2D eigenvalue weighted by Gasteiger charge is 2.38. The maximum absolute atomic E-state index is 14.2. The van der Waals surface area contributed by atoms with Crippen LogP contribution in [0.3, 0.4) is 0 Å². The number of likely N-dealkylation sites (N-methyl/N-ethyl adjacent to an activating group) is 1. The molecular formula is C54H56F6N12O6. The van der Waals surface area contributed by atoms with Gasteiger partial charge in [0.25, 0.3) is 11.8 Å². The summed E-state index contributed by atoms with van der Waals surface area (Å²) in [5.74, 6) is -1.59. The van der Waals surface area contributed by atoms with Gasteiger partial charge in [0.05, 0.1) is 71.4 Å². The summed E-state index contributed by atoms with van der Waals surface area (Å²) >= 11 is 0. The number of nitrogens with zero attached hydrogens (tertiary/aromatic N) is 8. The summed E-state index contributed by atoms with van der Waals surface area (Å²) in [5, 5.41) is 5.48. The molecule has 0 bridgehead atoms. The second-order valence-electron chi connectivity index (χ2n) is 19.5. The lowest BCUT2D eigenvalue weighted by Crippen LogP contribution is -2.47. The van der Waals surface area contributed by atoms with Gasteiger partial charge in [-0.3, -0.25) is 24.1 Å². The van der Waals surface area contributed by atoms with Crippen molar-refractivity contribution in [2.24, 2.45) is 0 Å². The molecule has 0 unspecified atom stereocenters. The van der Waals surface area contributed by atoms with E-state index in [1.165, 1.54) is 0 Å². The van der Waals surface area contributed by atoms with Crippen molar-refractivity contribution in [2.75, 3.05) is 142 Å². The molecule has 4 aliphatic heterocycles. The molecule has 2 amide bonds. The molecule has 18 nitrogen and oxygen atoms in total. The average molecular weight is 1080 g/mol. The number of pyridine rings is 2. The largest absolute Gasteiger partial charge is 0.417 e. The predicted octanol–water partition coefficient (Wildman–Crippen LogP) is 6.48. The summed E-state index contributed by atoms with van der Waals surface area (Å²) in [6, 6.07) is 17.6. The zero-order valence-electron chi connectivity index (χ0n) is 42.5. The molecule has 0 atom stereocenters. The molecule has 4 fully saturated rings. The number of H-pyrrole nitrogens is 2. The Morgan fingerprint density at radius 2 is 0.962 bits per heavy atom. The van der Waals surface area contributed by atoms with Crippen LogP contribution in [0.2, 0.25) is 0 Å². The molecule has 4 aliphatic rings. The number of halogens is 6. The van der Waals surface area contributed by atoms with Crippen LogP contribution < -0.4 is 41.4 Å². The van der Waals surface area contributed by atoms with Gasteiger partial charge in [-0.15, -0.1) is 0 Å². The third-order valence-electron chi connectivity index (χ3n) is 14.4. The van der Waals surface area contributed by atoms with E-state index in [-0.39, 0.29) is 5.69 Å². The Bertz CT molecular complexity index is 3270. The lowest BCUT2D eigenvalue weighted by Gasteiger charge is -2.39. The van der Waals surface area contributed by atoms with E-state index < -0.39 is 57.5 Å². The summed E-state index contributed by atoms with van der Waals surface area (Å²) in [7, 11) is 2.00. The van der Waals surface area contributed by atoms with E-state index in [0.29, 0.717) is 150 Å². The minimum absolute atomic E-state index is 0.230. The molecule has 0 aliphatic carbocycles. The van der Waals surface area contributed by atoms with E-state index >= 15 is 0 Å². The number of amides is 2. The summed E-state index contributed by atoms with van der Waals surface area (Å²) in [6.45, 7) is 9.93. The lowest BCUT2D eigenvalue weighted by molar-refractivity contribution is -0.138. The third kappa shape index (κ3) is 12.2. The van der Waals surface area contributed by atoms with E-state index in [0.717, 1.165) is 42.3 Å². The molecule has 78 heavy (non-hydrogen) atoms. The highest BCUT2D eigenvalue weighted by Crippen LogP contribution is 2.39. The summed E-state index contributed by atoms with van der Waals surface area (Å²) in [5.41, 5.74) is 0.141. The van der Waals surface area contributed by atoms with Crippen molar-refractivity contribution in [3.63, 3.8) is 0 Å². The van der Waals surface area contributed by atoms with Gasteiger partial charge in [-0.25, -0.2) is 9.97 Å². The van der Waals surface area contributed by atoms with Crippen molar-refractivity contribution < 1.29 is 45.4 Å². The number of hydrogen-bond donors (Lipinski definition) is 4. The van der Waals surface area contributed by atoms with Gasteiger partial charge in [0.1, 0.15) is 0 Å². The Morgan fingerprint density at radius 3 is 1.45 bits per heavy atom. The van der Waals surface area contributed by atoms with Crippen LogP contribution in [0.5, 0.6) is 0 Å². The van der Waals surface area contributed by atoms with Crippen molar-refractivity contribution >= 4 is 46.2 Å². The fraction of sp³-hybridized carbons (Fsp3) is 0.370. The highest BCUT2D eigenvalue weighted by molar-refractivity contribution is 6.08. The fourth-order valence-electron chi connectivity index (χ4n) is 10.2. The molecule has 3 aromatic heterocycles. The van der Waals surface area contributed by atoms with Crippen LogP contribution in [0.25, 0.3) is 22.3 Å². The first-order valence-electron chi connectivity index (χ1n) is 25.5. The minimum atomic E-state index is -4.99. The van der Waals surface area contributed by atoms with Gasteiger partial charge in [0.15, 0.2) is 0 Å². The van der Waals surface area contributed by atoms with E-state index in [9.17, 15) is 45.5 Å². The second kappa shape index (κ2) is 22.7. The van der Waals surface area contributed by atoms with Gasteiger partial charge in [-0.1, -0.05) is 18.2 Å². The van der Waals surface area contributed by atoms with E-state index in [2.05, 4.69) is 56.2 Å². The molecule has 10 rings (SSSR count). The number of anilines is 6. The first-order valence-corrected chi connectivity index (χ1v) is 25.5. The van der Waals surface area contributed by atoms with Gasteiger partial charge < -0.3 is 54.6 Å². The maximum Gasteiger partial charge on any atom is 0.417 e. The van der Waals surface area contributed by atoms with Crippen LogP contribution >= 0.6 is 0 Å². The molecule has 410 valence electrons. The molecule has 4 N–H and O–H groups in total. The van der Waals surface area contributed by atoms with Crippen LogP contribution in [-0.2, 0) is 28.4 Å². The van der Waals surface area contributed by atoms with Gasteiger partial charge in [0, 0.05) is 133 Å². The number of carbonyl (C=O) groups excluding carboxylic acids is 2. The summed E-state index contributed by atoms with van der Waals surface area (Å²) in [6.07, 6.45) is -5.13.